The Labute approximate surface area is 148 Å². The van der Waals surface area contributed by atoms with Gasteiger partial charge in [-0.2, -0.15) is 0 Å². The van der Waals surface area contributed by atoms with Crippen LogP contribution in [0.2, 0.25) is 0 Å². The molecule has 3 rings (SSSR count). The van der Waals surface area contributed by atoms with Gasteiger partial charge in [0.25, 0.3) is 0 Å². The maximum Gasteiger partial charge on any atom is -0.0166 e. The molecule has 2 aliphatic carbocycles. The first kappa shape index (κ1) is 17.0. The van der Waals surface area contributed by atoms with Crippen LogP contribution in [0.3, 0.4) is 0 Å². The molecule has 0 aromatic heterocycles. The standard InChI is InChI=1S/C18H27P.Na.H/c1-4-10-16(11-5-1)19(17-12-6-2-7-13-17)18-14-8-3-9-15-18;;/h1,4-5,10-11,17-18H,2-3,6-9,12-15H2;;. The van der Waals surface area contributed by atoms with Crippen LogP contribution in [-0.4, -0.2) is 40.9 Å². The Morgan fingerprint density at radius 3 is 1.55 bits per heavy atom. The predicted octanol–water partition coefficient (Wildman–Crippen LogP) is 4.81. The molecule has 1 aromatic carbocycles. The van der Waals surface area contributed by atoms with E-state index in [0.717, 1.165) is 11.3 Å². The van der Waals surface area contributed by atoms with Crippen LogP contribution in [0.5, 0.6) is 0 Å². The first-order chi connectivity index (χ1) is 9.45. The van der Waals surface area contributed by atoms with E-state index in [1.54, 1.807) is 5.30 Å². The van der Waals surface area contributed by atoms with Gasteiger partial charge in [0.15, 0.2) is 0 Å². The van der Waals surface area contributed by atoms with Gasteiger partial charge >= 0.3 is 29.6 Å². The van der Waals surface area contributed by atoms with Crippen LogP contribution < -0.4 is 5.30 Å². The number of benzene rings is 1. The van der Waals surface area contributed by atoms with Crippen molar-refractivity contribution in [3.05, 3.63) is 30.3 Å². The Balaban J connectivity index is 0.00000147. The number of hydrogen-bond donors (Lipinski definition) is 0. The zero-order chi connectivity index (χ0) is 12.9. The van der Waals surface area contributed by atoms with Gasteiger partial charge in [0.1, 0.15) is 0 Å². The van der Waals surface area contributed by atoms with Gasteiger partial charge in [-0.25, -0.2) is 0 Å². The summed E-state index contributed by atoms with van der Waals surface area (Å²) in [6, 6.07) is 11.6. The second-order valence-corrected chi connectivity index (χ2v) is 9.12. The summed E-state index contributed by atoms with van der Waals surface area (Å²) < 4.78 is 0. The van der Waals surface area contributed by atoms with Crippen molar-refractivity contribution in [1.29, 1.82) is 0 Å². The molecule has 2 aliphatic rings. The summed E-state index contributed by atoms with van der Waals surface area (Å²) in [5, 5.41) is 1.70. The van der Waals surface area contributed by atoms with Gasteiger partial charge < -0.3 is 0 Å². The van der Waals surface area contributed by atoms with Crippen molar-refractivity contribution in [2.75, 3.05) is 0 Å². The summed E-state index contributed by atoms with van der Waals surface area (Å²) >= 11 is 0. The third-order valence-electron chi connectivity index (χ3n) is 4.99. The van der Waals surface area contributed by atoms with Crippen molar-refractivity contribution in [2.45, 2.75) is 75.5 Å². The van der Waals surface area contributed by atoms with Crippen LogP contribution in [-0.2, 0) is 0 Å². The van der Waals surface area contributed by atoms with Crippen LogP contribution >= 0.6 is 7.92 Å². The molecule has 20 heavy (non-hydrogen) atoms. The van der Waals surface area contributed by atoms with Gasteiger partial charge in [-0.1, -0.05) is 76.8 Å². The van der Waals surface area contributed by atoms with Gasteiger partial charge in [0.2, 0.25) is 0 Å². The monoisotopic (exact) mass is 298 g/mol. The molecule has 0 amide bonds. The van der Waals surface area contributed by atoms with E-state index in [9.17, 15) is 0 Å². The fourth-order valence-corrected chi connectivity index (χ4v) is 7.84. The summed E-state index contributed by atoms with van der Waals surface area (Å²) in [7, 11) is 0.108. The molecule has 0 spiro atoms. The molecule has 0 saturated heterocycles. The topological polar surface area (TPSA) is 0 Å². The average molecular weight is 298 g/mol. The molecule has 2 fully saturated rings. The summed E-state index contributed by atoms with van der Waals surface area (Å²) in [5.41, 5.74) is 2.07. The van der Waals surface area contributed by atoms with Crippen LogP contribution in [0, 0.1) is 0 Å². The first-order valence-corrected chi connectivity index (χ1v) is 9.76. The van der Waals surface area contributed by atoms with Crippen molar-refractivity contribution in [1.82, 2.24) is 0 Å². The Kier molecular flexibility index (Phi) is 7.60. The van der Waals surface area contributed by atoms with Crippen LogP contribution in [0.15, 0.2) is 30.3 Å². The molecular weight excluding hydrogens is 270 g/mol. The molecular formula is C18H28NaP. The van der Waals surface area contributed by atoms with Crippen LogP contribution in [0.1, 0.15) is 64.2 Å². The minimum absolute atomic E-state index is 0. The van der Waals surface area contributed by atoms with Gasteiger partial charge in [-0.3, -0.25) is 0 Å². The van der Waals surface area contributed by atoms with Crippen molar-refractivity contribution < 1.29 is 0 Å². The Hall–Kier alpha value is 0.650. The van der Waals surface area contributed by atoms with E-state index >= 15 is 0 Å². The summed E-state index contributed by atoms with van der Waals surface area (Å²) in [4.78, 5) is 0. The maximum atomic E-state index is 2.43. The molecule has 0 atom stereocenters. The number of rotatable bonds is 3. The Morgan fingerprint density at radius 1 is 0.650 bits per heavy atom. The molecule has 106 valence electrons. The van der Waals surface area contributed by atoms with E-state index in [0.29, 0.717) is 0 Å². The molecule has 0 radical (unpaired) electrons. The quantitative estimate of drug-likeness (QED) is 0.555. The zero-order valence-corrected chi connectivity index (χ0v) is 13.0. The average Bonchev–Trinajstić information content (AvgIpc) is 2.51. The minimum atomic E-state index is 0. The van der Waals surface area contributed by atoms with Crippen molar-refractivity contribution in [3.8, 4) is 0 Å². The molecule has 1 aromatic rings. The Bertz CT molecular complexity index is 348. The molecule has 0 bridgehead atoms. The smallest absolute Gasteiger partial charge is 0.0166 e. The third-order valence-corrected chi connectivity index (χ3v) is 8.49. The third kappa shape index (κ3) is 4.33. The number of hydrogen-bond acceptors (Lipinski definition) is 0. The molecule has 2 saturated carbocycles. The summed E-state index contributed by atoms with van der Waals surface area (Å²) in [5.74, 6) is 0. The van der Waals surface area contributed by atoms with Gasteiger partial charge in [-0.05, 0) is 42.3 Å². The SMILES string of the molecule is [NaH].c1ccc(P(C2CCCCC2)C2CCCCC2)cc1. The van der Waals surface area contributed by atoms with Crippen molar-refractivity contribution in [3.63, 3.8) is 0 Å². The zero-order valence-electron chi connectivity index (χ0n) is 12.1. The molecule has 0 nitrogen and oxygen atoms in total. The predicted molar refractivity (Wildman–Crippen MR) is 93.9 cm³/mol. The summed E-state index contributed by atoms with van der Waals surface area (Å²) in [6.45, 7) is 0. The van der Waals surface area contributed by atoms with E-state index in [-0.39, 0.29) is 37.5 Å². The van der Waals surface area contributed by atoms with Crippen LogP contribution in [0.25, 0.3) is 0 Å². The van der Waals surface area contributed by atoms with Crippen molar-refractivity contribution in [2.24, 2.45) is 0 Å². The minimum Gasteiger partial charge on any atom is -0.0690 e. The van der Waals surface area contributed by atoms with Gasteiger partial charge in [0, 0.05) is 0 Å². The van der Waals surface area contributed by atoms with Gasteiger partial charge in [-0.15, -0.1) is 0 Å². The fraction of sp³-hybridized carbons (Fsp3) is 0.667. The van der Waals surface area contributed by atoms with Crippen molar-refractivity contribution >= 4 is 42.8 Å². The van der Waals surface area contributed by atoms with E-state index in [4.69, 9.17) is 0 Å². The van der Waals surface area contributed by atoms with Crippen LogP contribution in [0.4, 0.5) is 0 Å². The summed E-state index contributed by atoms with van der Waals surface area (Å²) in [6.07, 6.45) is 15.0. The molecule has 0 aliphatic heterocycles. The van der Waals surface area contributed by atoms with E-state index in [2.05, 4.69) is 30.3 Å². The van der Waals surface area contributed by atoms with E-state index in [1.165, 1.54) is 64.2 Å². The normalized spacial score (nSPS) is 21.6. The second kappa shape index (κ2) is 8.94. The molecule has 0 heterocycles. The maximum absolute atomic E-state index is 2.43. The van der Waals surface area contributed by atoms with E-state index < -0.39 is 0 Å². The Morgan fingerprint density at radius 2 is 1.10 bits per heavy atom. The molecule has 2 heteroatoms. The fourth-order valence-electron chi connectivity index (χ4n) is 4.04. The second-order valence-electron chi connectivity index (χ2n) is 6.33. The molecule has 0 unspecified atom stereocenters. The largest absolute Gasteiger partial charge is 0.0690 e. The molecule has 0 N–H and O–H groups in total. The van der Waals surface area contributed by atoms with E-state index in [1.807, 2.05) is 0 Å². The first-order valence-electron chi connectivity index (χ1n) is 8.28. The van der Waals surface area contributed by atoms with Gasteiger partial charge in [0.05, 0.1) is 0 Å².